The summed E-state index contributed by atoms with van der Waals surface area (Å²) < 4.78 is 0. The molecule has 2 aromatic rings. The summed E-state index contributed by atoms with van der Waals surface area (Å²) in [6, 6.07) is 10.1. The third-order valence-corrected chi connectivity index (χ3v) is 3.96. The molecule has 4 heteroatoms. The second-order valence-electron chi connectivity index (χ2n) is 5.36. The lowest BCUT2D eigenvalue weighted by atomic mass is 9.93. The Balaban J connectivity index is 2.01. The average Bonchev–Trinajstić information content (AvgIpc) is 2.55. The highest BCUT2D eigenvalue weighted by molar-refractivity contribution is 6.04. The number of fused-ring (bicyclic) bond motifs is 1. The fourth-order valence-electron chi connectivity index (χ4n) is 3.00. The van der Waals surface area contributed by atoms with Gasteiger partial charge in [0, 0.05) is 24.1 Å². The van der Waals surface area contributed by atoms with Gasteiger partial charge in [0.2, 0.25) is 5.82 Å². The van der Waals surface area contributed by atoms with E-state index in [1.807, 2.05) is 23.1 Å². The van der Waals surface area contributed by atoms with Crippen LogP contribution in [0, 0.1) is 0 Å². The van der Waals surface area contributed by atoms with Crippen LogP contribution in [0.5, 0.6) is 0 Å². The summed E-state index contributed by atoms with van der Waals surface area (Å²) in [5.41, 5.74) is 2.24. The number of carbonyl (C=O) groups excluding carboxylic acids is 1. The van der Waals surface area contributed by atoms with Gasteiger partial charge in [0.05, 0.1) is 0 Å². The molecule has 108 valence electrons. The minimum atomic E-state index is -0.0961. The Hall–Kier alpha value is -2.23. The number of aryl methyl sites for hydroxylation is 1. The van der Waals surface area contributed by atoms with Gasteiger partial charge in [-0.3, -0.25) is 4.79 Å². The predicted octanol–water partition coefficient (Wildman–Crippen LogP) is 3.24. The highest BCUT2D eigenvalue weighted by atomic mass is 16.2. The van der Waals surface area contributed by atoms with Crippen LogP contribution >= 0.6 is 0 Å². The van der Waals surface area contributed by atoms with E-state index in [4.69, 9.17) is 0 Å². The first kappa shape index (κ1) is 13.7. The number of hydrogen-bond acceptors (Lipinski definition) is 3. The maximum absolute atomic E-state index is 12.8. The Morgan fingerprint density at radius 2 is 2.00 bits per heavy atom. The zero-order valence-corrected chi connectivity index (χ0v) is 12.2. The maximum Gasteiger partial charge on any atom is 0.296 e. The molecular formula is C17H19N3O. The van der Waals surface area contributed by atoms with Gasteiger partial charge in [0.25, 0.3) is 5.91 Å². The van der Waals surface area contributed by atoms with Gasteiger partial charge in [0.1, 0.15) is 0 Å². The Bertz CT molecular complexity index is 627. The van der Waals surface area contributed by atoms with Crippen LogP contribution in [0.2, 0.25) is 0 Å². The van der Waals surface area contributed by atoms with E-state index in [1.54, 1.807) is 18.5 Å². The van der Waals surface area contributed by atoms with Crippen molar-refractivity contribution in [1.82, 2.24) is 9.97 Å². The van der Waals surface area contributed by atoms with Gasteiger partial charge in [-0.15, -0.1) is 0 Å². The van der Waals surface area contributed by atoms with E-state index in [1.165, 1.54) is 5.56 Å². The zero-order chi connectivity index (χ0) is 14.7. The van der Waals surface area contributed by atoms with Crippen molar-refractivity contribution in [2.75, 3.05) is 4.90 Å². The molecule has 2 heterocycles. The van der Waals surface area contributed by atoms with Crippen LogP contribution in [-0.2, 0) is 6.42 Å². The normalized spacial score (nSPS) is 17.4. The van der Waals surface area contributed by atoms with Crippen LogP contribution in [0.15, 0.2) is 42.7 Å². The van der Waals surface area contributed by atoms with Gasteiger partial charge in [-0.2, -0.15) is 0 Å². The first-order valence-electron chi connectivity index (χ1n) is 7.49. The highest BCUT2D eigenvalue weighted by Crippen LogP contribution is 2.33. The molecule has 0 fully saturated rings. The van der Waals surface area contributed by atoms with Crippen molar-refractivity contribution in [3.63, 3.8) is 0 Å². The van der Waals surface area contributed by atoms with E-state index in [9.17, 15) is 4.79 Å². The molecule has 0 bridgehead atoms. The van der Waals surface area contributed by atoms with Crippen LogP contribution in [-0.4, -0.2) is 21.9 Å². The molecule has 1 atom stereocenters. The summed E-state index contributed by atoms with van der Waals surface area (Å²) in [4.78, 5) is 23.0. The summed E-state index contributed by atoms with van der Waals surface area (Å²) in [5.74, 6) is 0.177. The fraction of sp³-hybridized carbons (Fsp3) is 0.353. The Morgan fingerprint density at radius 3 is 2.76 bits per heavy atom. The van der Waals surface area contributed by atoms with Gasteiger partial charge < -0.3 is 4.90 Å². The molecule has 1 aliphatic rings. The number of nitrogens with zero attached hydrogens (tertiary/aromatic N) is 3. The van der Waals surface area contributed by atoms with Crippen molar-refractivity contribution in [2.45, 2.75) is 38.6 Å². The van der Waals surface area contributed by atoms with Gasteiger partial charge in [-0.1, -0.05) is 31.5 Å². The lowest BCUT2D eigenvalue weighted by molar-refractivity contribution is 0.0961. The van der Waals surface area contributed by atoms with E-state index < -0.39 is 0 Å². The molecule has 0 spiro atoms. The Morgan fingerprint density at radius 1 is 1.24 bits per heavy atom. The van der Waals surface area contributed by atoms with Gasteiger partial charge in [-0.05, 0) is 37.0 Å². The standard InChI is InChI=1S/C17H19N3O/c1-2-6-14-10-9-13-7-3-4-8-15(13)20(14)17(21)16-18-11-5-12-19-16/h3-5,7-8,11-12,14H,2,6,9-10H2,1H3/t14-/m1/s1. The van der Waals surface area contributed by atoms with E-state index in [0.29, 0.717) is 0 Å². The summed E-state index contributed by atoms with van der Waals surface area (Å²) >= 11 is 0. The topological polar surface area (TPSA) is 46.1 Å². The van der Waals surface area contributed by atoms with Crippen molar-refractivity contribution < 1.29 is 4.79 Å². The number of rotatable bonds is 3. The van der Waals surface area contributed by atoms with Crippen LogP contribution in [0.1, 0.15) is 42.4 Å². The summed E-state index contributed by atoms with van der Waals surface area (Å²) in [7, 11) is 0. The maximum atomic E-state index is 12.8. The minimum Gasteiger partial charge on any atom is -0.302 e. The number of carbonyl (C=O) groups is 1. The van der Waals surface area contributed by atoms with Gasteiger partial charge in [-0.25, -0.2) is 9.97 Å². The third kappa shape index (κ3) is 2.66. The fourth-order valence-corrected chi connectivity index (χ4v) is 3.00. The quantitative estimate of drug-likeness (QED) is 0.867. The monoisotopic (exact) mass is 281 g/mol. The van der Waals surface area contributed by atoms with E-state index in [0.717, 1.165) is 31.4 Å². The van der Waals surface area contributed by atoms with E-state index in [2.05, 4.69) is 23.0 Å². The summed E-state index contributed by atoms with van der Waals surface area (Å²) in [5, 5.41) is 0. The minimum absolute atomic E-state index is 0.0961. The zero-order valence-electron chi connectivity index (χ0n) is 12.2. The first-order valence-corrected chi connectivity index (χ1v) is 7.49. The molecule has 1 amide bonds. The van der Waals surface area contributed by atoms with Crippen molar-refractivity contribution in [2.24, 2.45) is 0 Å². The molecule has 0 aliphatic carbocycles. The third-order valence-electron chi connectivity index (χ3n) is 3.96. The second-order valence-corrected chi connectivity index (χ2v) is 5.36. The molecule has 0 N–H and O–H groups in total. The molecule has 0 saturated carbocycles. The molecular weight excluding hydrogens is 262 g/mol. The number of amides is 1. The summed E-state index contributed by atoms with van der Waals surface area (Å²) in [6.45, 7) is 2.15. The number of benzene rings is 1. The van der Waals surface area contributed by atoms with Crippen LogP contribution in [0.3, 0.4) is 0 Å². The molecule has 21 heavy (non-hydrogen) atoms. The predicted molar refractivity (Wildman–Crippen MR) is 82.3 cm³/mol. The molecule has 1 aromatic carbocycles. The average molecular weight is 281 g/mol. The second kappa shape index (κ2) is 6.04. The molecule has 3 rings (SSSR count). The lowest BCUT2D eigenvalue weighted by Crippen LogP contribution is -2.44. The molecule has 0 unspecified atom stereocenters. The SMILES string of the molecule is CCC[C@@H]1CCc2ccccc2N1C(=O)c1ncccn1. The number of hydrogen-bond donors (Lipinski definition) is 0. The van der Waals surface area contributed by atoms with Crippen molar-refractivity contribution in [3.05, 3.63) is 54.1 Å². The number of para-hydroxylation sites is 1. The van der Waals surface area contributed by atoms with Crippen molar-refractivity contribution in [1.29, 1.82) is 0 Å². The van der Waals surface area contributed by atoms with Crippen LogP contribution < -0.4 is 4.90 Å². The lowest BCUT2D eigenvalue weighted by Gasteiger charge is -2.36. The molecule has 1 aromatic heterocycles. The largest absolute Gasteiger partial charge is 0.302 e. The van der Waals surface area contributed by atoms with Gasteiger partial charge >= 0.3 is 0 Å². The van der Waals surface area contributed by atoms with Crippen LogP contribution in [0.25, 0.3) is 0 Å². The molecule has 0 radical (unpaired) electrons. The first-order chi connectivity index (χ1) is 10.3. The Kier molecular flexibility index (Phi) is 3.95. The molecule has 1 aliphatic heterocycles. The van der Waals surface area contributed by atoms with E-state index >= 15 is 0 Å². The number of anilines is 1. The van der Waals surface area contributed by atoms with Crippen LogP contribution in [0.4, 0.5) is 5.69 Å². The molecule has 4 nitrogen and oxygen atoms in total. The van der Waals surface area contributed by atoms with Crippen molar-refractivity contribution >= 4 is 11.6 Å². The smallest absolute Gasteiger partial charge is 0.296 e. The van der Waals surface area contributed by atoms with E-state index in [-0.39, 0.29) is 17.8 Å². The number of aromatic nitrogens is 2. The molecule has 0 saturated heterocycles. The van der Waals surface area contributed by atoms with Gasteiger partial charge in [0.15, 0.2) is 0 Å². The highest BCUT2D eigenvalue weighted by Gasteiger charge is 2.31. The summed E-state index contributed by atoms with van der Waals surface area (Å²) in [6.07, 6.45) is 7.33. The Labute approximate surface area is 124 Å². The van der Waals surface area contributed by atoms with Crippen molar-refractivity contribution in [3.8, 4) is 0 Å².